The van der Waals surface area contributed by atoms with Gasteiger partial charge in [-0.3, -0.25) is 4.68 Å². The summed E-state index contributed by atoms with van der Waals surface area (Å²) in [6, 6.07) is 0. The van der Waals surface area contributed by atoms with Crippen molar-refractivity contribution in [2.45, 2.75) is 25.7 Å². The minimum Gasteiger partial charge on any atom is -0.493 e. The number of rotatable bonds is 3. The lowest BCUT2D eigenvalue weighted by Crippen LogP contribution is -2.36. The minimum atomic E-state index is 0.577. The van der Waals surface area contributed by atoms with E-state index in [-0.39, 0.29) is 0 Å². The maximum Gasteiger partial charge on any atom is 0.160 e. The summed E-state index contributed by atoms with van der Waals surface area (Å²) >= 11 is 0. The Balaban J connectivity index is 2.29. The van der Waals surface area contributed by atoms with Gasteiger partial charge in [0, 0.05) is 13.0 Å². The van der Waals surface area contributed by atoms with Gasteiger partial charge in [-0.1, -0.05) is 13.3 Å². The summed E-state index contributed by atoms with van der Waals surface area (Å²) in [6.45, 7) is 4.46. The summed E-state index contributed by atoms with van der Waals surface area (Å²) in [4.78, 5) is 0. The molecule has 2 unspecified atom stereocenters. The zero-order chi connectivity index (χ0) is 11.5. The lowest BCUT2D eigenvalue weighted by molar-refractivity contribution is 0.297. The maximum atomic E-state index is 5.41. The van der Waals surface area contributed by atoms with E-state index in [4.69, 9.17) is 4.74 Å². The molecule has 0 radical (unpaired) electrons. The lowest BCUT2D eigenvalue weighted by Gasteiger charge is -2.31. The maximum absolute atomic E-state index is 5.41. The Kier molecular flexibility index (Phi) is 3.49. The van der Waals surface area contributed by atoms with Crippen LogP contribution in [0.2, 0.25) is 0 Å². The van der Waals surface area contributed by atoms with Gasteiger partial charge in [-0.25, -0.2) is 0 Å². The van der Waals surface area contributed by atoms with Crippen molar-refractivity contribution in [2.75, 3.05) is 20.2 Å². The van der Waals surface area contributed by atoms with E-state index < -0.39 is 0 Å². The van der Waals surface area contributed by atoms with Crippen LogP contribution in [-0.4, -0.2) is 30.0 Å². The Bertz CT molecular complexity index is 348. The molecule has 90 valence electrons. The van der Waals surface area contributed by atoms with Crippen LogP contribution in [0.4, 0.5) is 0 Å². The lowest BCUT2D eigenvalue weighted by atomic mass is 9.82. The van der Waals surface area contributed by atoms with Crippen LogP contribution in [0.3, 0.4) is 0 Å². The van der Waals surface area contributed by atoms with E-state index in [2.05, 4.69) is 17.3 Å². The summed E-state index contributed by atoms with van der Waals surface area (Å²) < 4.78 is 7.38. The van der Waals surface area contributed by atoms with Crippen molar-refractivity contribution in [3.8, 4) is 5.75 Å². The smallest absolute Gasteiger partial charge is 0.160 e. The summed E-state index contributed by atoms with van der Waals surface area (Å²) in [5.74, 6) is 2.21. The first-order valence-corrected chi connectivity index (χ1v) is 6.04. The molecular formula is C12H21N3O. The van der Waals surface area contributed by atoms with Crippen LogP contribution in [-0.2, 0) is 7.05 Å². The third kappa shape index (κ3) is 1.94. The number of hydrogen-bond donors (Lipinski definition) is 1. The molecule has 0 amide bonds. The van der Waals surface area contributed by atoms with E-state index in [1.165, 1.54) is 18.5 Å². The molecule has 2 atom stereocenters. The summed E-state index contributed by atoms with van der Waals surface area (Å²) in [7, 11) is 3.73. The van der Waals surface area contributed by atoms with Gasteiger partial charge in [0.1, 0.15) is 0 Å². The summed E-state index contributed by atoms with van der Waals surface area (Å²) in [5, 5.41) is 7.77. The number of aromatic nitrogens is 2. The van der Waals surface area contributed by atoms with E-state index in [9.17, 15) is 0 Å². The SMILES string of the molecule is CCC1CNCCC1c1c(OC)cnn1C. The molecule has 1 N–H and O–H groups in total. The van der Waals surface area contributed by atoms with Crippen molar-refractivity contribution in [1.82, 2.24) is 15.1 Å². The molecular weight excluding hydrogens is 202 g/mol. The monoisotopic (exact) mass is 223 g/mol. The molecule has 1 fully saturated rings. The zero-order valence-electron chi connectivity index (χ0n) is 10.4. The molecule has 4 nitrogen and oxygen atoms in total. The van der Waals surface area contributed by atoms with Gasteiger partial charge in [-0.05, 0) is 25.4 Å². The molecule has 1 saturated heterocycles. The van der Waals surface area contributed by atoms with Crippen molar-refractivity contribution in [3.63, 3.8) is 0 Å². The van der Waals surface area contributed by atoms with E-state index in [1.54, 1.807) is 7.11 Å². The zero-order valence-corrected chi connectivity index (χ0v) is 10.4. The van der Waals surface area contributed by atoms with Gasteiger partial charge in [-0.2, -0.15) is 5.10 Å². The number of methoxy groups -OCH3 is 1. The molecule has 4 heteroatoms. The van der Waals surface area contributed by atoms with Crippen molar-refractivity contribution >= 4 is 0 Å². The third-order valence-corrected chi connectivity index (χ3v) is 3.65. The average molecular weight is 223 g/mol. The van der Waals surface area contributed by atoms with Crippen LogP contribution < -0.4 is 10.1 Å². The first-order chi connectivity index (χ1) is 7.77. The van der Waals surface area contributed by atoms with Crippen LogP contribution in [0, 0.1) is 5.92 Å². The highest BCUT2D eigenvalue weighted by atomic mass is 16.5. The summed E-state index contributed by atoms with van der Waals surface area (Å²) in [6.07, 6.45) is 4.20. The number of ether oxygens (including phenoxy) is 1. The van der Waals surface area contributed by atoms with Crippen molar-refractivity contribution in [2.24, 2.45) is 13.0 Å². The fraction of sp³-hybridized carbons (Fsp3) is 0.750. The van der Waals surface area contributed by atoms with Gasteiger partial charge < -0.3 is 10.1 Å². The van der Waals surface area contributed by atoms with Crippen molar-refractivity contribution in [3.05, 3.63) is 11.9 Å². The van der Waals surface area contributed by atoms with Gasteiger partial charge in [0.25, 0.3) is 0 Å². The van der Waals surface area contributed by atoms with Crippen LogP contribution in [0.15, 0.2) is 6.20 Å². The van der Waals surface area contributed by atoms with Gasteiger partial charge in [0.05, 0.1) is 19.0 Å². The Morgan fingerprint density at radius 2 is 2.44 bits per heavy atom. The first kappa shape index (κ1) is 11.5. The Morgan fingerprint density at radius 3 is 3.12 bits per heavy atom. The summed E-state index contributed by atoms with van der Waals surface area (Å²) in [5.41, 5.74) is 1.26. The highest BCUT2D eigenvalue weighted by Crippen LogP contribution is 2.36. The molecule has 0 aromatic carbocycles. The van der Waals surface area contributed by atoms with E-state index in [0.29, 0.717) is 11.8 Å². The number of nitrogens with one attached hydrogen (secondary N) is 1. The fourth-order valence-corrected chi connectivity index (χ4v) is 2.72. The molecule has 0 bridgehead atoms. The molecule has 0 saturated carbocycles. The Labute approximate surface area is 97.0 Å². The number of hydrogen-bond acceptors (Lipinski definition) is 3. The van der Waals surface area contributed by atoms with E-state index in [1.807, 2.05) is 17.9 Å². The molecule has 1 aromatic heterocycles. The van der Waals surface area contributed by atoms with E-state index >= 15 is 0 Å². The van der Waals surface area contributed by atoms with Gasteiger partial charge >= 0.3 is 0 Å². The number of piperidine rings is 1. The molecule has 0 spiro atoms. The average Bonchev–Trinajstić information content (AvgIpc) is 2.70. The second-order valence-corrected chi connectivity index (χ2v) is 4.49. The van der Waals surface area contributed by atoms with Gasteiger partial charge in [0.15, 0.2) is 5.75 Å². The minimum absolute atomic E-state index is 0.577. The molecule has 0 aliphatic carbocycles. The predicted molar refractivity (Wildman–Crippen MR) is 63.8 cm³/mol. The number of aryl methyl sites for hydroxylation is 1. The molecule has 1 aliphatic heterocycles. The molecule has 16 heavy (non-hydrogen) atoms. The Hall–Kier alpha value is -1.03. The van der Waals surface area contributed by atoms with Gasteiger partial charge in [-0.15, -0.1) is 0 Å². The highest BCUT2D eigenvalue weighted by Gasteiger charge is 2.29. The van der Waals surface area contributed by atoms with E-state index in [0.717, 1.165) is 18.8 Å². The fourth-order valence-electron chi connectivity index (χ4n) is 2.72. The number of nitrogens with zero attached hydrogens (tertiary/aromatic N) is 2. The quantitative estimate of drug-likeness (QED) is 0.844. The second kappa shape index (κ2) is 4.87. The Morgan fingerprint density at radius 1 is 1.62 bits per heavy atom. The van der Waals surface area contributed by atoms with Crippen molar-refractivity contribution in [1.29, 1.82) is 0 Å². The highest BCUT2D eigenvalue weighted by molar-refractivity contribution is 5.29. The largest absolute Gasteiger partial charge is 0.493 e. The third-order valence-electron chi connectivity index (χ3n) is 3.65. The normalized spacial score (nSPS) is 25.7. The van der Waals surface area contributed by atoms with Crippen LogP contribution in [0.5, 0.6) is 5.75 Å². The standard InChI is InChI=1S/C12H21N3O/c1-4-9-7-13-6-5-10(9)12-11(16-3)8-14-15(12)2/h8-10,13H,4-7H2,1-3H3. The van der Waals surface area contributed by atoms with Crippen LogP contribution >= 0.6 is 0 Å². The topological polar surface area (TPSA) is 39.1 Å². The van der Waals surface area contributed by atoms with Gasteiger partial charge in [0.2, 0.25) is 0 Å². The molecule has 2 rings (SSSR count). The molecule has 2 heterocycles. The molecule has 1 aromatic rings. The van der Waals surface area contributed by atoms with Crippen LogP contribution in [0.1, 0.15) is 31.4 Å². The molecule has 1 aliphatic rings. The first-order valence-electron chi connectivity index (χ1n) is 6.04. The second-order valence-electron chi connectivity index (χ2n) is 4.49. The van der Waals surface area contributed by atoms with Crippen LogP contribution in [0.25, 0.3) is 0 Å². The predicted octanol–water partition coefficient (Wildman–Crippen LogP) is 1.53. The van der Waals surface area contributed by atoms with Crippen molar-refractivity contribution < 1.29 is 4.74 Å².